The lowest BCUT2D eigenvalue weighted by atomic mass is 10.2. The van der Waals surface area contributed by atoms with Crippen LogP contribution in [0.4, 0.5) is 0 Å². The molecule has 1 aliphatic heterocycles. The third-order valence-electron chi connectivity index (χ3n) is 3.49. The number of ether oxygens (including phenoxy) is 1. The summed E-state index contributed by atoms with van der Waals surface area (Å²) in [5.74, 6) is 0. The third-order valence-corrected chi connectivity index (χ3v) is 6.24. The number of nitrogens with one attached hydrogen (secondary N) is 1. The van der Waals surface area contributed by atoms with E-state index in [1.165, 1.54) is 17.2 Å². The van der Waals surface area contributed by atoms with Gasteiger partial charge in [-0.05, 0) is 11.8 Å². The molecule has 3 rings (SSSR count). The first-order valence-electron chi connectivity index (χ1n) is 7.04. The number of fused-ring (bicyclic) bond motifs is 1. The van der Waals surface area contributed by atoms with Crippen molar-refractivity contribution in [2.75, 3.05) is 6.61 Å². The summed E-state index contributed by atoms with van der Waals surface area (Å²) in [7, 11) is -4.84. The van der Waals surface area contributed by atoms with Crippen LogP contribution in [0, 0.1) is 0 Å². The number of aromatic nitrogens is 4. The van der Waals surface area contributed by atoms with Crippen LogP contribution in [0.2, 0.25) is 0 Å². The number of imidazole rings is 1. The first kappa shape index (κ1) is 19.7. The van der Waals surface area contributed by atoms with Gasteiger partial charge in [-0.3, -0.25) is 13.9 Å². The van der Waals surface area contributed by atoms with E-state index in [9.17, 15) is 19.4 Å². The van der Waals surface area contributed by atoms with E-state index in [1.54, 1.807) is 0 Å². The van der Waals surface area contributed by atoms with E-state index in [4.69, 9.17) is 14.5 Å². The highest BCUT2D eigenvalue weighted by atomic mass is 32.5. The molecule has 1 aliphatic rings. The van der Waals surface area contributed by atoms with Crippen molar-refractivity contribution in [1.82, 2.24) is 19.5 Å². The van der Waals surface area contributed by atoms with Crippen molar-refractivity contribution in [3.8, 4) is 0 Å². The summed E-state index contributed by atoms with van der Waals surface area (Å²) in [6.45, 7) is -4.99. The predicted octanol–water partition coefficient (Wildman–Crippen LogP) is -0.889. The van der Waals surface area contributed by atoms with Crippen molar-refractivity contribution in [1.29, 1.82) is 0 Å². The molecule has 3 heterocycles. The van der Waals surface area contributed by atoms with Crippen molar-refractivity contribution in [2.24, 2.45) is 0 Å². The smallest absolute Gasteiger partial charge is 0.390 e. The van der Waals surface area contributed by atoms with Gasteiger partial charge in [0.1, 0.15) is 12.3 Å². The highest BCUT2D eigenvalue weighted by molar-refractivity contribution is 8.08. The third kappa shape index (κ3) is 4.43. The minimum absolute atomic E-state index is 0.0720. The molecular formula is C10H14N4O9P2S. The largest absolute Gasteiger partial charge is 0.479 e. The van der Waals surface area contributed by atoms with Crippen molar-refractivity contribution in [2.45, 2.75) is 24.9 Å². The van der Waals surface area contributed by atoms with Gasteiger partial charge in [-0.25, -0.2) is 18.8 Å². The molecular weight excluding hydrogens is 414 g/mol. The van der Waals surface area contributed by atoms with Crippen LogP contribution in [0.3, 0.4) is 0 Å². The molecule has 0 aliphatic carbocycles. The number of hydrogen-bond donors (Lipinski definition) is 5. The van der Waals surface area contributed by atoms with E-state index >= 15 is 0 Å². The molecule has 2 aromatic heterocycles. The summed E-state index contributed by atoms with van der Waals surface area (Å²) in [5, 5.41) is 10.1. The molecule has 26 heavy (non-hydrogen) atoms. The Morgan fingerprint density at radius 1 is 1.42 bits per heavy atom. The Bertz CT molecular complexity index is 957. The maximum Gasteiger partial charge on any atom is 0.479 e. The zero-order valence-electron chi connectivity index (χ0n) is 12.8. The van der Waals surface area contributed by atoms with Crippen molar-refractivity contribution in [3.05, 3.63) is 23.0 Å². The fourth-order valence-corrected chi connectivity index (χ4v) is 4.79. The number of nitrogens with zero attached hydrogens (tertiary/aromatic N) is 3. The second-order valence-electron chi connectivity index (χ2n) is 5.32. The molecule has 1 unspecified atom stereocenters. The Labute approximate surface area is 150 Å². The topological polar surface area (TPSA) is 189 Å². The zero-order valence-corrected chi connectivity index (χ0v) is 15.4. The van der Waals surface area contributed by atoms with Gasteiger partial charge < -0.3 is 29.5 Å². The van der Waals surface area contributed by atoms with Crippen molar-refractivity contribution < 1.29 is 37.9 Å². The lowest BCUT2D eigenvalue weighted by Crippen LogP contribution is -2.26. The quantitative estimate of drug-likeness (QED) is 0.358. The molecule has 16 heteroatoms. The summed E-state index contributed by atoms with van der Waals surface area (Å²) in [6, 6.07) is 0. The molecule has 13 nitrogen and oxygen atoms in total. The van der Waals surface area contributed by atoms with Crippen LogP contribution >= 0.6 is 14.5 Å². The molecule has 2 aromatic rings. The van der Waals surface area contributed by atoms with E-state index in [0.29, 0.717) is 0 Å². The van der Waals surface area contributed by atoms with E-state index in [0.717, 1.165) is 0 Å². The molecule has 0 amide bonds. The molecule has 144 valence electrons. The van der Waals surface area contributed by atoms with Gasteiger partial charge in [0.05, 0.1) is 25.4 Å². The van der Waals surface area contributed by atoms with Gasteiger partial charge in [-0.2, -0.15) is 0 Å². The van der Waals surface area contributed by atoms with Crippen LogP contribution in [-0.4, -0.2) is 58.1 Å². The first-order chi connectivity index (χ1) is 12.1. The number of hydrogen-bond acceptors (Lipinski definition) is 9. The van der Waals surface area contributed by atoms with Crippen LogP contribution in [0.5, 0.6) is 0 Å². The van der Waals surface area contributed by atoms with Gasteiger partial charge in [0.2, 0.25) is 0 Å². The number of H-pyrrole nitrogens is 1. The van der Waals surface area contributed by atoms with Gasteiger partial charge in [-0.1, -0.05) is 0 Å². The summed E-state index contributed by atoms with van der Waals surface area (Å²) in [6.07, 6.45) is -0.270. The van der Waals surface area contributed by atoms with Crippen LogP contribution < -0.4 is 5.56 Å². The van der Waals surface area contributed by atoms with Crippen molar-refractivity contribution >= 4 is 37.5 Å². The highest BCUT2D eigenvalue weighted by Gasteiger charge is 2.38. The molecule has 4 atom stereocenters. The number of rotatable bonds is 6. The first-order valence-corrected chi connectivity index (χ1v) is 11.2. The van der Waals surface area contributed by atoms with E-state index in [-0.39, 0.29) is 17.6 Å². The monoisotopic (exact) mass is 428 g/mol. The normalized spacial score (nSPS) is 26.2. The molecule has 1 fully saturated rings. The SMILES string of the molecule is O=c1[nH]cnc2c1ncn2[C@H]1C[C@H](O)[C@@H](COP(=O)(O)OP(O)(O)=S)O1. The van der Waals surface area contributed by atoms with Crippen LogP contribution in [0.25, 0.3) is 11.2 Å². The molecule has 0 spiro atoms. The second-order valence-corrected chi connectivity index (χ2v) is 9.58. The van der Waals surface area contributed by atoms with Gasteiger partial charge in [-0.15, -0.1) is 0 Å². The maximum atomic E-state index is 11.7. The number of phosphoric ester groups is 1. The summed E-state index contributed by atoms with van der Waals surface area (Å²) < 4.78 is 27.2. The van der Waals surface area contributed by atoms with E-state index < -0.39 is 45.1 Å². The lowest BCUT2D eigenvalue weighted by molar-refractivity contribution is -0.0421. The fourth-order valence-electron chi connectivity index (χ4n) is 2.44. The van der Waals surface area contributed by atoms with Crippen molar-refractivity contribution in [3.63, 3.8) is 0 Å². The summed E-state index contributed by atoms with van der Waals surface area (Å²) >= 11 is 4.10. The number of aliphatic hydroxyl groups excluding tert-OH is 1. The molecule has 0 bridgehead atoms. The molecule has 0 aromatic carbocycles. The maximum absolute atomic E-state index is 11.7. The highest BCUT2D eigenvalue weighted by Crippen LogP contribution is 2.58. The Hall–Kier alpha value is -1.05. The van der Waals surface area contributed by atoms with E-state index in [1.807, 2.05) is 0 Å². The summed E-state index contributed by atoms with van der Waals surface area (Å²) in [4.78, 5) is 49.2. The minimum Gasteiger partial charge on any atom is -0.390 e. The Morgan fingerprint density at radius 2 is 2.15 bits per heavy atom. The Kier molecular flexibility index (Phi) is 5.43. The van der Waals surface area contributed by atoms with Crippen LogP contribution in [0.15, 0.2) is 17.4 Å². The lowest BCUT2D eigenvalue weighted by Gasteiger charge is -2.18. The van der Waals surface area contributed by atoms with Gasteiger partial charge in [0.25, 0.3) is 5.56 Å². The van der Waals surface area contributed by atoms with Crippen LogP contribution in [-0.2, 0) is 29.9 Å². The van der Waals surface area contributed by atoms with Gasteiger partial charge in [0, 0.05) is 6.42 Å². The molecule has 0 radical (unpaired) electrons. The predicted molar refractivity (Wildman–Crippen MR) is 88.3 cm³/mol. The number of aromatic amines is 1. The fraction of sp³-hybridized carbons (Fsp3) is 0.500. The average Bonchev–Trinajstić information content (AvgIpc) is 3.07. The molecule has 0 saturated carbocycles. The Morgan fingerprint density at radius 3 is 2.85 bits per heavy atom. The van der Waals surface area contributed by atoms with Crippen LogP contribution in [0.1, 0.15) is 12.6 Å². The second kappa shape index (κ2) is 7.17. The average molecular weight is 428 g/mol. The number of phosphoric acid groups is 1. The Balaban J connectivity index is 1.70. The molecule has 1 saturated heterocycles. The molecule has 5 N–H and O–H groups in total. The standard InChI is InChI=1S/C10H14N4O9P2S/c15-5-1-7(14-4-13-8-9(14)11-3-12-10(8)16)22-6(5)2-21-24(17,18)23-25(19,20)26/h3-7,15H,1-2H2,(H,17,18)(H,11,12,16)(H2,19,20,26)/t5-,6+,7+/m0/s1. The van der Waals surface area contributed by atoms with E-state index in [2.05, 4.69) is 35.6 Å². The zero-order chi connectivity index (χ0) is 19.1. The van der Waals surface area contributed by atoms with Gasteiger partial charge >= 0.3 is 14.5 Å². The number of aliphatic hydroxyl groups is 1. The summed E-state index contributed by atoms with van der Waals surface area (Å²) in [5.41, 5.74) is -0.102. The van der Waals surface area contributed by atoms with Gasteiger partial charge in [0.15, 0.2) is 11.2 Å². The minimum atomic E-state index is -4.84.